The van der Waals surface area contributed by atoms with Crippen LogP contribution in [0.15, 0.2) is 52.5 Å². The molecule has 0 spiro atoms. The van der Waals surface area contributed by atoms with Crippen molar-refractivity contribution in [3.05, 3.63) is 73.7 Å². The second kappa shape index (κ2) is 9.93. The Bertz CT molecular complexity index is 1070. The molecule has 0 saturated carbocycles. The number of carbonyl (C=O) groups excluding carboxylic acids is 2. The number of ketones is 1. The molecule has 4 rings (SSSR count). The number of Topliss-reactive ketones (excluding diaryl/α,β-unsaturated/α-hetero) is 1. The van der Waals surface area contributed by atoms with Crippen LogP contribution in [0.1, 0.15) is 17.2 Å². The Kier molecular flexibility index (Phi) is 7.22. The summed E-state index contributed by atoms with van der Waals surface area (Å²) >= 11 is 15.9. The number of nitrogens with zero attached hydrogens (tertiary/aromatic N) is 1. The molecular weight excluding hydrogens is 519 g/mol. The van der Waals surface area contributed by atoms with Gasteiger partial charge in [-0.2, -0.15) is 0 Å². The third-order valence-electron chi connectivity index (χ3n) is 5.80. The Balaban J connectivity index is 1.76. The lowest BCUT2D eigenvalue weighted by Gasteiger charge is -2.30. The highest BCUT2D eigenvalue weighted by Crippen LogP contribution is 2.41. The van der Waals surface area contributed by atoms with Crippen molar-refractivity contribution in [2.45, 2.75) is 6.04 Å². The highest BCUT2D eigenvalue weighted by atomic mass is 79.9. The second-order valence-electron chi connectivity index (χ2n) is 7.76. The Hall–Kier alpha value is -1.90. The van der Waals surface area contributed by atoms with Crippen LogP contribution in [0.4, 0.5) is 0 Å². The third-order valence-corrected chi connectivity index (χ3v) is 6.89. The summed E-state index contributed by atoms with van der Waals surface area (Å²) in [6.07, 6.45) is 0. The van der Waals surface area contributed by atoms with Crippen molar-refractivity contribution in [3.8, 4) is 0 Å². The molecule has 2 aliphatic rings. The van der Waals surface area contributed by atoms with Crippen molar-refractivity contribution in [1.82, 2.24) is 4.90 Å². The molecule has 2 heterocycles. The van der Waals surface area contributed by atoms with Crippen LogP contribution in [0.3, 0.4) is 0 Å². The van der Waals surface area contributed by atoms with Gasteiger partial charge in [0.05, 0.1) is 32.3 Å². The fourth-order valence-corrected chi connectivity index (χ4v) is 4.87. The van der Waals surface area contributed by atoms with E-state index in [0.717, 1.165) is 17.6 Å². The summed E-state index contributed by atoms with van der Waals surface area (Å²) < 4.78 is 6.20. The van der Waals surface area contributed by atoms with Gasteiger partial charge in [0.15, 0.2) is 0 Å². The number of benzene rings is 2. The van der Waals surface area contributed by atoms with Crippen LogP contribution < -0.4 is 10.0 Å². The second-order valence-corrected chi connectivity index (χ2v) is 9.52. The van der Waals surface area contributed by atoms with E-state index in [4.69, 9.17) is 27.9 Å². The van der Waals surface area contributed by atoms with Gasteiger partial charge in [-0.25, -0.2) is 0 Å². The van der Waals surface area contributed by atoms with E-state index in [0.29, 0.717) is 47.5 Å². The van der Waals surface area contributed by atoms with Crippen molar-refractivity contribution in [1.29, 1.82) is 0 Å². The standard InChI is InChI=1S/C23H21BrCl2N2O4/c24-15-3-1-14(2-4-15)21(29)19-20(17-6-5-16(25)13-18(17)26)28(23(31)22(19)30)8-7-27-9-11-32-12-10-27/h1-6,13,20,29H,7-12H2. The number of morpholine rings is 1. The van der Waals surface area contributed by atoms with Crippen molar-refractivity contribution >= 4 is 56.6 Å². The number of halogens is 3. The third kappa shape index (κ3) is 4.72. The molecule has 2 aromatic rings. The summed E-state index contributed by atoms with van der Waals surface area (Å²) in [5.41, 5.74) is 0.756. The van der Waals surface area contributed by atoms with E-state index in [1.165, 1.54) is 9.80 Å². The molecule has 32 heavy (non-hydrogen) atoms. The van der Waals surface area contributed by atoms with E-state index in [1.807, 2.05) is 0 Å². The molecule has 6 nitrogen and oxygen atoms in total. The number of carbonyl (C=O) groups is 2. The van der Waals surface area contributed by atoms with Crippen molar-refractivity contribution in [3.63, 3.8) is 0 Å². The van der Waals surface area contributed by atoms with E-state index in [1.54, 1.807) is 42.5 Å². The van der Waals surface area contributed by atoms with Gasteiger partial charge in [0.1, 0.15) is 13.1 Å². The monoisotopic (exact) mass is 538 g/mol. The number of nitrogens with one attached hydrogen (secondary N) is 1. The number of ether oxygens (including phenoxy) is 1. The largest absolute Gasteiger partial charge is 0.872 e. The van der Waals surface area contributed by atoms with Gasteiger partial charge in [0, 0.05) is 20.1 Å². The normalized spacial score (nSPS) is 21.3. The average molecular weight is 540 g/mol. The summed E-state index contributed by atoms with van der Waals surface area (Å²) in [5, 5.41) is 14.1. The van der Waals surface area contributed by atoms with Gasteiger partial charge in [0.2, 0.25) is 5.78 Å². The number of quaternary nitrogens is 1. The van der Waals surface area contributed by atoms with Gasteiger partial charge in [-0.15, -0.1) is 0 Å². The summed E-state index contributed by atoms with van der Waals surface area (Å²) in [7, 11) is 0. The lowest BCUT2D eigenvalue weighted by molar-refractivity contribution is -0.907. The van der Waals surface area contributed by atoms with Crippen molar-refractivity contribution in [2.24, 2.45) is 0 Å². The van der Waals surface area contributed by atoms with Gasteiger partial charge in [-0.3, -0.25) is 9.59 Å². The molecule has 2 saturated heterocycles. The Morgan fingerprint density at radius 3 is 2.47 bits per heavy atom. The number of hydrogen-bond donors (Lipinski definition) is 1. The lowest BCUT2D eigenvalue weighted by atomic mass is 9.95. The zero-order valence-corrected chi connectivity index (χ0v) is 20.2. The molecule has 2 fully saturated rings. The zero-order chi connectivity index (χ0) is 22.8. The van der Waals surface area contributed by atoms with Crippen LogP contribution in [0.5, 0.6) is 0 Å². The zero-order valence-electron chi connectivity index (χ0n) is 17.1. The minimum absolute atomic E-state index is 0.0847. The highest BCUT2D eigenvalue weighted by molar-refractivity contribution is 9.10. The van der Waals surface area contributed by atoms with Crippen molar-refractivity contribution < 1.29 is 24.3 Å². The fraction of sp³-hybridized carbons (Fsp3) is 0.304. The molecule has 1 atom stereocenters. The predicted octanol–water partition coefficient (Wildman–Crippen LogP) is 1.90. The summed E-state index contributed by atoms with van der Waals surface area (Å²) in [5.74, 6) is -1.95. The maximum atomic E-state index is 13.4. The fourth-order valence-electron chi connectivity index (χ4n) is 4.09. The Morgan fingerprint density at radius 1 is 1.12 bits per heavy atom. The molecule has 0 aromatic heterocycles. The van der Waals surface area contributed by atoms with E-state index >= 15 is 0 Å². The topological polar surface area (TPSA) is 74.1 Å². The molecule has 9 heteroatoms. The molecule has 0 bridgehead atoms. The summed E-state index contributed by atoms with van der Waals surface area (Å²) in [6.45, 7) is 3.94. The Labute approximate surface area is 204 Å². The molecule has 2 aliphatic heterocycles. The van der Waals surface area contributed by atoms with Crippen LogP contribution in [0, 0.1) is 0 Å². The molecule has 1 amide bonds. The maximum absolute atomic E-state index is 13.4. The smallest absolute Gasteiger partial charge is 0.295 e. The predicted molar refractivity (Wildman–Crippen MR) is 123 cm³/mol. The van der Waals surface area contributed by atoms with Crippen LogP contribution in [-0.2, 0) is 14.3 Å². The molecule has 1 N–H and O–H groups in total. The molecular formula is C23H21BrCl2N2O4. The number of amides is 1. The van der Waals surface area contributed by atoms with E-state index < -0.39 is 23.5 Å². The first-order valence-electron chi connectivity index (χ1n) is 10.3. The van der Waals surface area contributed by atoms with E-state index in [9.17, 15) is 14.7 Å². The quantitative estimate of drug-likeness (QED) is 0.358. The van der Waals surface area contributed by atoms with E-state index in [2.05, 4.69) is 15.9 Å². The van der Waals surface area contributed by atoms with Crippen LogP contribution >= 0.6 is 39.1 Å². The van der Waals surface area contributed by atoms with Gasteiger partial charge >= 0.3 is 0 Å². The SMILES string of the molecule is O=C1C(=O)N(CC[NH+]2CCOCC2)C(c2ccc(Cl)cc2Cl)C1=C([O-])c1ccc(Br)cc1. The molecule has 168 valence electrons. The first-order valence-corrected chi connectivity index (χ1v) is 11.8. The summed E-state index contributed by atoms with van der Waals surface area (Å²) in [4.78, 5) is 28.8. The molecule has 1 unspecified atom stereocenters. The minimum Gasteiger partial charge on any atom is -0.872 e. The first kappa shape index (κ1) is 23.3. The van der Waals surface area contributed by atoms with Gasteiger partial charge in [-0.05, 0) is 35.4 Å². The van der Waals surface area contributed by atoms with Gasteiger partial charge in [-0.1, -0.05) is 63.1 Å². The van der Waals surface area contributed by atoms with Crippen molar-refractivity contribution in [2.75, 3.05) is 39.4 Å². The average Bonchev–Trinajstić information content (AvgIpc) is 3.03. The van der Waals surface area contributed by atoms with Crippen LogP contribution in [-0.4, -0.2) is 56.0 Å². The van der Waals surface area contributed by atoms with E-state index in [-0.39, 0.29) is 5.57 Å². The minimum atomic E-state index is -0.864. The van der Waals surface area contributed by atoms with Gasteiger partial charge < -0.3 is 19.6 Å². The molecule has 0 radical (unpaired) electrons. The maximum Gasteiger partial charge on any atom is 0.295 e. The number of rotatable bonds is 5. The lowest BCUT2D eigenvalue weighted by Crippen LogP contribution is -3.14. The molecule has 2 aromatic carbocycles. The molecule has 0 aliphatic carbocycles. The summed E-state index contributed by atoms with van der Waals surface area (Å²) in [6, 6.07) is 10.7. The van der Waals surface area contributed by atoms with Crippen LogP contribution in [0.2, 0.25) is 10.0 Å². The first-order chi connectivity index (χ1) is 15.4. The number of likely N-dealkylation sites (tertiary alicyclic amines) is 1. The van der Waals surface area contributed by atoms with Gasteiger partial charge in [0.25, 0.3) is 5.91 Å². The Morgan fingerprint density at radius 2 is 1.81 bits per heavy atom. The highest BCUT2D eigenvalue weighted by Gasteiger charge is 2.45. The number of hydrogen-bond acceptors (Lipinski definition) is 4. The van der Waals surface area contributed by atoms with Crippen LogP contribution in [0.25, 0.3) is 5.76 Å².